The molecule has 9 aliphatic rings. The fourth-order valence-corrected chi connectivity index (χ4v) is 26.6. The van der Waals surface area contributed by atoms with Crippen molar-refractivity contribution in [3.8, 4) is 100 Å². The van der Waals surface area contributed by atoms with Crippen LogP contribution in [0.25, 0.3) is 100 Å². The smallest absolute Gasteiger partial charge is 0.0327 e. The van der Waals surface area contributed by atoms with Gasteiger partial charge in [-0.2, -0.15) is 0 Å². The van der Waals surface area contributed by atoms with Crippen LogP contribution < -0.4 is 0 Å². The van der Waals surface area contributed by atoms with Crippen molar-refractivity contribution in [2.45, 2.75) is 200 Å². The second-order valence-corrected chi connectivity index (χ2v) is 34.2. The van der Waals surface area contributed by atoms with E-state index in [0.29, 0.717) is 10.8 Å². The van der Waals surface area contributed by atoms with Crippen molar-refractivity contribution in [3.63, 3.8) is 0 Å². The minimum atomic E-state index is -0.0502. The molecule has 6 saturated carbocycles. The van der Waals surface area contributed by atoms with Gasteiger partial charge in [0.1, 0.15) is 0 Å². The molecular formula is C99H100. The molecule has 19 rings (SSSR count). The molecule has 0 aliphatic heterocycles. The second kappa shape index (κ2) is 22.0. The van der Waals surface area contributed by atoms with E-state index in [1.54, 1.807) is 33.4 Å². The van der Waals surface area contributed by atoms with Crippen LogP contribution in [0.2, 0.25) is 0 Å². The molecule has 9 aliphatic carbocycles. The standard InChI is InChI=1S/C99H100/c1-9-16-66-18-20-67(21-19-66)68-22-28-71(29-23-68)74-34-40-80-81-43-37-77(63-87(81)97(86(80)60-74)91(7)51-53-92(97,8)54-52-91)78-38-44-84-83-42-36-75(61-88(83)98(89(84)64-78)93(12-4)55-57-94(98,13-5)58-56-93)72-30-24-69(25-31-72)70-26-32-73(33-27-70)76-35-41-82-79-39-17-65(6)59-85(79)99(90(82)62-76)95(45-10-2)47-14-49-96(99,46-11-3)50-15-48-95/h9,17-44,59-64H,1,10-16,45-58H2,2-8H3. The minimum absolute atomic E-state index is 0.0438. The molecule has 0 atom stereocenters. The minimum Gasteiger partial charge on any atom is -0.103 e. The fourth-order valence-electron chi connectivity index (χ4n) is 26.6. The van der Waals surface area contributed by atoms with Gasteiger partial charge in [0.25, 0.3) is 0 Å². The van der Waals surface area contributed by atoms with Gasteiger partial charge in [0.15, 0.2) is 0 Å². The molecule has 0 nitrogen and oxygen atoms in total. The van der Waals surface area contributed by atoms with Crippen LogP contribution in [0.5, 0.6) is 0 Å². The van der Waals surface area contributed by atoms with Crippen molar-refractivity contribution in [1.82, 2.24) is 0 Å². The molecule has 10 aromatic rings. The summed E-state index contributed by atoms with van der Waals surface area (Å²) >= 11 is 0. The molecule has 6 fully saturated rings. The molecule has 0 saturated heterocycles. The molecule has 0 amide bonds. The maximum atomic E-state index is 3.95. The number of hydrogen-bond acceptors (Lipinski definition) is 0. The van der Waals surface area contributed by atoms with Crippen molar-refractivity contribution in [2.24, 2.45) is 32.5 Å². The second-order valence-electron chi connectivity index (χ2n) is 34.2. The molecule has 0 radical (unpaired) electrons. The Bertz CT molecular complexity index is 4840. The summed E-state index contributed by atoms with van der Waals surface area (Å²) in [7, 11) is 0. The Kier molecular flexibility index (Phi) is 13.8. The lowest BCUT2D eigenvalue weighted by Gasteiger charge is -2.67. The van der Waals surface area contributed by atoms with Crippen LogP contribution >= 0.6 is 0 Å². The Morgan fingerprint density at radius 3 is 0.869 bits per heavy atom. The average molecular weight is 1290 g/mol. The van der Waals surface area contributed by atoms with Gasteiger partial charge in [0.2, 0.25) is 0 Å². The summed E-state index contributed by atoms with van der Waals surface area (Å²) in [5.41, 5.74) is 38.6. The van der Waals surface area contributed by atoms with E-state index in [0.717, 1.165) is 6.42 Å². The molecule has 0 aromatic heterocycles. The third kappa shape index (κ3) is 7.89. The molecule has 0 heteroatoms. The summed E-state index contributed by atoms with van der Waals surface area (Å²) < 4.78 is 0. The van der Waals surface area contributed by atoms with Gasteiger partial charge in [0.05, 0.1) is 0 Å². The van der Waals surface area contributed by atoms with Crippen molar-refractivity contribution in [3.05, 3.63) is 263 Å². The highest BCUT2D eigenvalue weighted by Crippen LogP contribution is 2.82. The summed E-state index contributed by atoms with van der Waals surface area (Å²) in [4.78, 5) is 0. The summed E-state index contributed by atoms with van der Waals surface area (Å²) in [6, 6.07) is 83.8. The number of fused-ring (bicyclic) bond motifs is 9. The Balaban J connectivity index is 0.651. The van der Waals surface area contributed by atoms with Crippen LogP contribution in [0.15, 0.2) is 219 Å². The highest BCUT2D eigenvalue weighted by atomic mass is 14.8. The molecule has 0 unspecified atom stereocenters. The Hall–Kier alpha value is -8.06. The van der Waals surface area contributed by atoms with Gasteiger partial charge in [-0.25, -0.2) is 0 Å². The van der Waals surface area contributed by atoms with Crippen molar-refractivity contribution in [2.75, 3.05) is 0 Å². The van der Waals surface area contributed by atoms with Crippen LogP contribution in [0, 0.1) is 39.4 Å². The van der Waals surface area contributed by atoms with Gasteiger partial charge < -0.3 is 0 Å². The lowest BCUT2D eigenvalue weighted by Crippen LogP contribution is -2.62. The fraction of sp³-hybridized carbons (Fsp3) is 0.374. The Morgan fingerprint density at radius 1 is 0.293 bits per heavy atom. The SMILES string of the molecule is C=CCc1ccc(-c2ccc(-c3ccc4c(c3)C3(c5cc(-c6ccc7c(c6)C6(c8cc(-c9ccc(-c%10ccc(-c%11ccc%12c(c%11)C%11(c%13cc(C)ccc%13-%12)C%12(CCC)CCCC%11(CCC)CCC%12)cc%10)cc9)ccc8-7)C7(CC)CCC6(CC)CC7)ccc5-4)C4(C)CCC3(C)CC4)cc2)cc1. The maximum absolute atomic E-state index is 3.95. The van der Waals surface area contributed by atoms with Crippen LogP contribution in [0.1, 0.15) is 214 Å². The first-order valence-corrected chi connectivity index (χ1v) is 39.1. The molecule has 10 aromatic carbocycles. The monoisotopic (exact) mass is 1290 g/mol. The predicted octanol–water partition coefficient (Wildman–Crippen LogP) is 27.4. The van der Waals surface area contributed by atoms with E-state index < -0.39 is 0 Å². The number of allylic oxidation sites excluding steroid dienone is 1. The van der Waals surface area contributed by atoms with E-state index in [-0.39, 0.29) is 37.9 Å². The van der Waals surface area contributed by atoms with Crippen molar-refractivity contribution >= 4 is 0 Å². The van der Waals surface area contributed by atoms with Gasteiger partial charge in [-0.1, -0.05) is 255 Å². The maximum Gasteiger partial charge on any atom is 0.0327 e. The molecule has 0 heterocycles. The van der Waals surface area contributed by atoms with Gasteiger partial charge in [-0.05, 0) is 318 Å². The molecule has 6 bridgehead atoms. The Labute approximate surface area is 591 Å². The highest BCUT2D eigenvalue weighted by molar-refractivity contribution is 5.92. The average Bonchev–Trinajstić information content (AvgIpc) is 1.48. The third-order valence-corrected chi connectivity index (χ3v) is 30.6. The van der Waals surface area contributed by atoms with Crippen LogP contribution in [0.3, 0.4) is 0 Å². The van der Waals surface area contributed by atoms with Gasteiger partial charge in [-0.15, -0.1) is 6.58 Å². The van der Waals surface area contributed by atoms with E-state index in [1.807, 2.05) is 6.08 Å². The zero-order valence-corrected chi connectivity index (χ0v) is 60.3. The topological polar surface area (TPSA) is 0 Å². The predicted molar refractivity (Wildman–Crippen MR) is 417 cm³/mol. The summed E-state index contributed by atoms with van der Waals surface area (Å²) in [6.07, 6.45) is 29.0. The lowest BCUT2D eigenvalue weighted by atomic mass is 9.36. The van der Waals surface area contributed by atoms with E-state index >= 15 is 0 Å². The van der Waals surface area contributed by atoms with E-state index in [9.17, 15) is 0 Å². The van der Waals surface area contributed by atoms with Crippen LogP contribution in [-0.4, -0.2) is 0 Å². The largest absolute Gasteiger partial charge is 0.103 e. The normalized spacial score (nSPS) is 29.5. The molecule has 0 N–H and O–H groups in total. The quantitative estimate of drug-likeness (QED) is 0.0952. The van der Waals surface area contributed by atoms with Gasteiger partial charge in [0, 0.05) is 16.2 Å². The van der Waals surface area contributed by atoms with E-state index in [2.05, 4.69) is 261 Å². The molecule has 3 spiro atoms. The van der Waals surface area contributed by atoms with E-state index in [1.165, 1.54) is 240 Å². The number of benzene rings is 10. The summed E-state index contributed by atoms with van der Waals surface area (Å²) in [5, 5.41) is 0. The van der Waals surface area contributed by atoms with Crippen LogP contribution in [-0.2, 0) is 22.7 Å². The van der Waals surface area contributed by atoms with Gasteiger partial charge in [-0.3, -0.25) is 0 Å². The molecule has 99 heavy (non-hydrogen) atoms. The zero-order chi connectivity index (χ0) is 67.1. The first-order valence-electron chi connectivity index (χ1n) is 39.1. The van der Waals surface area contributed by atoms with Crippen LogP contribution in [0.4, 0.5) is 0 Å². The first-order chi connectivity index (χ1) is 48.2. The van der Waals surface area contributed by atoms with Gasteiger partial charge >= 0.3 is 0 Å². The van der Waals surface area contributed by atoms with Crippen molar-refractivity contribution in [1.29, 1.82) is 0 Å². The molecule has 496 valence electrons. The first kappa shape index (κ1) is 62.0. The number of rotatable bonds is 14. The summed E-state index contributed by atoms with van der Waals surface area (Å²) in [6.45, 7) is 21.6. The number of hydrogen-bond donors (Lipinski definition) is 0. The van der Waals surface area contributed by atoms with Crippen molar-refractivity contribution < 1.29 is 0 Å². The zero-order valence-electron chi connectivity index (χ0n) is 60.3. The molecular weight excluding hydrogens is 1190 g/mol. The lowest BCUT2D eigenvalue weighted by molar-refractivity contribution is -0.0949. The third-order valence-electron chi connectivity index (χ3n) is 30.6. The summed E-state index contributed by atoms with van der Waals surface area (Å²) in [5.74, 6) is 0. The number of aryl methyl sites for hydroxylation is 1. The highest BCUT2D eigenvalue weighted by Gasteiger charge is 2.75. The Morgan fingerprint density at radius 2 is 0.556 bits per heavy atom. The van der Waals surface area contributed by atoms with E-state index in [4.69, 9.17) is 0 Å².